The van der Waals surface area contributed by atoms with Crippen LogP contribution in [0, 0.1) is 0 Å². The lowest BCUT2D eigenvalue weighted by molar-refractivity contribution is 0.116. The summed E-state index contributed by atoms with van der Waals surface area (Å²) in [6, 6.07) is 2.33. The average molecular weight is 197 g/mol. The summed E-state index contributed by atoms with van der Waals surface area (Å²) in [5.74, 6) is 0. The van der Waals surface area contributed by atoms with Crippen molar-refractivity contribution in [2.24, 2.45) is 0 Å². The molecule has 0 radical (unpaired) electrons. The van der Waals surface area contributed by atoms with E-state index in [0.717, 1.165) is 18.5 Å². The van der Waals surface area contributed by atoms with Gasteiger partial charge in [-0.25, -0.2) is 0 Å². The van der Waals surface area contributed by atoms with Gasteiger partial charge >= 0.3 is 0 Å². The maximum absolute atomic E-state index is 9.71. The van der Waals surface area contributed by atoms with Crippen molar-refractivity contribution >= 4 is 17.0 Å². The minimum absolute atomic E-state index is 0.159. The molecular formula is C10H15NOS. The monoisotopic (exact) mass is 197 g/mol. The predicted octanol–water partition coefficient (Wildman–Crippen LogP) is 2.46. The van der Waals surface area contributed by atoms with Crippen molar-refractivity contribution in [1.29, 1.82) is 0 Å². The van der Waals surface area contributed by atoms with Gasteiger partial charge in [0.1, 0.15) is 0 Å². The zero-order valence-corrected chi connectivity index (χ0v) is 8.39. The summed E-state index contributed by atoms with van der Waals surface area (Å²) in [5.41, 5.74) is 1.15. The molecule has 2 rings (SSSR count). The molecule has 0 bridgehead atoms. The largest absolute Gasteiger partial charge is 0.391 e. The van der Waals surface area contributed by atoms with Crippen LogP contribution in [-0.2, 0) is 0 Å². The number of rotatable bonds is 2. The zero-order chi connectivity index (χ0) is 9.10. The van der Waals surface area contributed by atoms with Crippen LogP contribution in [0.5, 0.6) is 0 Å². The van der Waals surface area contributed by atoms with Crippen LogP contribution < -0.4 is 5.32 Å². The molecule has 1 fully saturated rings. The molecule has 2 atom stereocenters. The third kappa shape index (κ3) is 2.23. The standard InChI is InChI=1S/C10H15NOS/c12-10-4-2-1-3-9(10)11-8-5-6-13-7-8/h5-7,9-12H,1-4H2/t9-,10-/m0/s1. The third-order valence-electron chi connectivity index (χ3n) is 2.60. The molecule has 1 aliphatic rings. The Balaban J connectivity index is 1.93. The van der Waals surface area contributed by atoms with Gasteiger partial charge in [0.25, 0.3) is 0 Å². The SMILES string of the molecule is O[C@H]1CCCC[C@@H]1Nc1ccsc1. The van der Waals surface area contributed by atoms with Crippen molar-refractivity contribution in [3.05, 3.63) is 16.8 Å². The summed E-state index contributed by atoms with van der Waals surface area (Å²) in [6.07, 6.45) is 4.29. The normalized spacial score (nSPS) is 28.7. The third-order valence-corrected chi connectivity index (χ3v) is 3.29. The first kappa shape index (κ1) is 9.03. The van der Waals surface area contributed by atoms with Crippen LogP contribution in [0.25, 0.3) is 0 Å². The fraction of sp³-hybridized carbons (Fsp3) is 0.600. The Kier molecular flexibility index (Phi) is 2.86. The molecule has 1 aliphatic carbocycles. The van der Waals surface area contributed by atoms with Crippen molar-refractivity contribution in [3.8, 4) is 0 Å². The quantitative estimate of drug-likeness (QED) is 0.763. The molecule has 1 aromatic rings. The van der Waals surface area contributed by atoms with Crippen LogP contribution in [0.15, 0.2) is 16.8 Å². The molecule has 3 heteroatoms. The lowest BCUT2D eigenvalue weighted by atomic mass is 9.92. The van der Waals surface area contributed by atoms with Gasteiger partial charge in [-0.3, -0.25) is 0 Å². The average Bonchev–Trinajstić information content (AvgIpc) is 2.61. The van der Waals surface area contributed by atoms with E-state index < -0.39 is 0 Å². The van der Waals surface area contributed by atoms with Crippen molar-refractivity contribution in [2.45, 2.75) is 37.8 Å². The second-order valence-corrected chi connectivity index (χ2v) is 4.39. The lowest BCUT2D eigenvalue weighted by Gasteiger charge is -2.28. The van der Waals surface area contributed by atoms with E-state index in [1.54, 1.807) is 11.3 Å². The molecule has 0 aliphatic heterocycles. The molecular weight excluding hydrogens is 182 g/mol. The number of hydrogen-bond donors (Lipinski definition) is 2. The molecule has 1 saturated carbocycles. The molecule has 0 aromatic carbocycles. The first-order valence-electron chi connectivity index (χ1n) is 4.83. The number of anilines is 1. The molecule has 2 N–H and O–H groups in total. The summed E-state index contributed by atoms with van der Waals surface area (Å²) in [6.45, 7) is 0. The van der Waals surface area contributed by atoms with Crippen LogP contribution in [0.4, 0.5) is 5.69 Å². The highest BCUT2D eigenvalue weighted by molar-refractivity contribution is 7.08. The number of nitrogens with one attached hydrogen (secondary N) is 1. The minimum atomic E-state index is -0.159. The maximum Gasteiger partial charge on any atom is 0.0741 e. The Labute approximate surface area is 82.6 Å². The van der Waals surface area contributed by atoms with Gasteiger partial charge in [0.2, 0.25) is 0 Å². The van der Waals surface area contributed by atoms with Gasteiger partial charge in [-0.1, -0.05) is 12.8 Å². The summed E-state index contributed by atoms with van der Waals surface area (Å²) in [7, 11) is 0. The smallest absolute Gasteiger partial charge is 0.0741 e. The number of thiophene rings is 1. The predicted molar refractivity (Wildman–Crippen MR) is 56.2 cm³/mol. The van der Waals surface area contributed by atoms with Crippen molar-refractivity contribution in [1.82, 2.24) is 0 Å². The van der Waals surface area contributed by atoms with E-state index >= 15 is 0 Å². The van der Waals surface area contributed by atoms with Crippen LogP contribution in [0.3, 0.4) is 0 Å². The van der Waals surface area contributed by atoms with Crippen LogP contribution in [0.2, 0.25) is 0 Å². The van der Waals surface area contributed by atoms with Gasteiger partial charge < -0.3 is 10.4 Å². The van der Waals surface area contributed by atoms with Gasteiger partial charge in [0.15, 0.2) is 0 Å². The molecule has 0 unspecified atom stereocenters. The molecule has 13 heavy (non-hydrogen) atoms. The molecule has 1 aromatic heterocycles. The number of aliphatic hydroxyl groups excluding tert-OH is 1. The highest BCUT2D eigenvalue weighted by Crippen LogP contribution is 2.23. The summed E-state index contributed by atoms with van der Waals surface area (Å²) in [5, 5.41) is 17.2. The van der Waals surface area contributed by atoms with Crippen molar-refractivity contribution in [3.63, 3.8) is 0 Å². The van der Waals surface area contributed by atoms with E-state index in [0.29, 0.717) is 0 Å². The van der Waals surface area contributed by atoms with Gasteiger partial charge in [-0.2, -0.15) is 11.3 Å². The maximum atomic E-state index is 9.71. The minimum Gasteiger partial charge on any atom is -0.391 e. The van der Waals surface area contributed by atoms with Gasteiger partial charge in [0, 0.05) is 11.1 Å². The lowest BCUT2D eigenvalue weighted by Crippen LogP contribution is -2.36. The molecule has 72 valence electrons. The molecule has 2 nitrogen and oxygen atoms in total. The molecule has 0 spiro atoms. The number of aliphatic hydroxyl groups is 1. The number of hydrogen-bond acceptors (Lipinski definition) is 3. The second kappa shape index (κ2) is 4.11. The van der Waals surface area contributed by atoms with E-state index in [4.69, 9.17) is 0 Å². The zero-order valence-electron chi connectivity index (χ0n) is 7.57. The Hall–Kier alpha value is -0.540. The Morgan fingerprint density at radius 1 is 1.38 bits per heavy atom. The summed E-state index contributed by atoms with van der Waals surface area (Å²) in [4.78, 5) is 0. The Morgan fingerprint density at radius 2 is 2.23 bits per heavy atom. The molecule has 0 saturated heterocycles. The fourth-order valence-corrected chi connectivity index (χ4v) is 2.44. The molecule has 1 heterocycles. The topological polar surface area (TPSA) is 32.3 Å². The van der Waals surface area contributed by atoms with E-state index in [2.05, 4.69) is 22.1 Å². The summed E-state index contributed by atoms with van der Waals surface area (Å²) >= 11 is 1.69. The van der Waals surface area contributed by atoms with E-state index in [9.17, 15) is 5.11 Å². The van der Waals surface area contributed by atoms with Gasteiger partial charge in [-0.15, -0.1) is 0 Å². The van der Waals surface area contributed by atoms with E-state index in [1.165, 1.54) is 12.8 Å². The van der Waals surface area contributed by atoms with Crippen LogP contribution in [0.1, 0.15) is 25.7 Å². The van der Waals surface area contributed by atoms with Gasteiger partial charge in [0.05, 0.1) is 12.1 Å². The van der Waals surface area contributed by atoms with Gasteiger partial charge in [-0.05, 0) is 24.3 Å². The highest BCUT2D eigenvalue weighted by Gasteiger charge is 2.22. The summed E-state index contributed by atoms with van der Waals surface area (Å²) < 4.78 is 0. The first-order chi connectivity index (χ1) is 6.36. The van der Waals surface area contributed by atoms with Crippen molar-refractivity contribution in [2.75, 3.05) is 5.32 Å². The fourth-order valence-electron chi connectivity index (χ4n) is 1.84. The Bertz CT molecular complexity index is 247. The molecule has 0 amide bonds. The Morgan fingerprint density at radius 3 is 2.92 bits per heavy atom. The van der Waals surface area contributed by atoms with Crippen LogP contribution in [-0.4, -0.2) is 17.3 Å². The van der Waals surface area contributed by atoms with E-state index in [1.807, 2.05) is 0 Å². The van der Waals surface area contributed by atoms with Crippen molar-refractivity contribution < 1.29 is 5.11 Å². The van der Waals surface area contributed by atoms with Crippen LogP contribution >= 0.6 is 11.3 Å². The van der Waals surface area contributed by atoms with E-state index in [-0.39, 0.29) is 12.1 Å². The highest BCUT2D eigenvalue weighted by atomic mass is 32.1. The second-order valence-electron chi connectivity index (χ2n) is 3.61. The first-order valence-corrected chi connectivity index (χ1v) is 5.77.